The third kappa shape index (κ3) is 7.60. The van der Waals surface area contributed by atoms with Crippen molar-refractivity contribution >= 4 is 66.7 Å². The van der Waals surface area contributed by atoms with E-state index in [2.05, 4.69) is 21.2 Å². The summed E-state index contributed by atoms with van der Waals surface area (Å²) < 4.78 is 26.9. The zero-order chi connectivity index (χ0) is 24.8. The highest BCUT2D eigenvalue weighted by atomic mass is 79.9. The molecule has 0 spiro atoms. The first-order valence-corrected chi connectivity index (χ1v) is 13.6. The molecule has 2 rings (SSSR count). The minimum absolute atomic E-state index is 0.0182. The van der Waals surface area contributed by atoms with Crippen LogP contribution >= 0.6 is 39.1 Å². The summed E-state index contributed by atoms with van der Waals surface area (Å²) >= 11 is 15.7. The number of hydrogen-bond acceptors (Lipinski definition) is 4. The predicted molar refractivity (Wildman–Crippen MR) is 136 cm³/mol. The Kier molecular flexibility index (Phi) is 10.0. The van der Waals surface area contributed by atoms with E-state index in [-0.39, 0.29) is 28.2 Å². The molecule has 0 aliphatic rings. The number of carbonyl (C=O) groups excluding carboxylic acids is 2. The Morgan fingerprint density at radius 2 is 1.82 bits per heavy atom. The lowest BCUT2D eigenvalue weighted by molar-refractivity contribution is -0.139. The molecule has 0 aliphatic carbocycles. The number of nitrogens with zero attached hydrogens (tertiary/aromatic N) is 2. The third-order valence-corrected chi connectivity index (χ3v) is 7.27. The lowest BCUT2D eigenvalue weighted by Gasteiger charge is -2.31. The molecule has 0 radical (unpaired) electrons. The van der Waals surface area contributed by atoms with Gasteiger partial charge in [-0.1, -0.05) is 64.3 Å². The number of hydrogen-bond donors (Lipinski definition) is 1. The molecule has 1 atom stereocenters. The van der Waals surface area contributed by atoms with E-state index in [9.17, 15) is 18.0 Å². The topological polar surface area (TPSA) is 86.8 Å². The van der Waals surface area contributed by atoms with Gasteiger partial charge in [-0.2, -0.15) is 0 Å². The number of nitrogens with one attached hydrogen (secondary N) is 1. The quantitative estimate of drug-likeness (QED) is 0.451. The highest BCUT2D eigenvalue weighted by Gasteiger charge is 2.31. The van der Waals surface area contributed by atoms with Crippen molar-refractivity contribution in [3.63, 3.8) is 0 Å². The first kappa shape index (κ1) is 27.4. The van der Waals surface area contributed by atoms with Crippen molar-refractivity contribution in [2.24, 2.45) is 0 Å². The molecule has 0 fully saturated rings. The molecule has 2 amide bonds. The molecule has 1 N–H and O–H groups in total. The van der Waals surface area contributed by atoms with Crippen molar-refractivity contribution in [2.45, 2.75) is 32.9 Å². The maximum atomic E-state index is 13.4. The third-order valence-electron chi connectivity index (χ3n) is 4.84. The van der Waals surface area contributed by atoms with Gasteiger partial charge in [-0.25, -0.2) is 8.42 Å². The second kappa shape index (κ2) is 12.1. The summed E-state index contributed by atoms with van der Waals surface area (Å²) in [5.41, 5.74) is 0.866. The van der Waals surface area contributed by atoms with Crippen molar-refractivity contribution in [3.05, 3.63) is 62.5 Å². The zero-order valence-electron chi connectivity index (χ0n) is 18.5. The van der Waals surface area contributed by atoms with E-state index in [0.717, 1.165) is 27.0 Å². The lowest BCUT2D eigenvalue weighted by Crippen LogP contribution is -2.51. The van der Waals surface area contributed by atoms with Crippen molar-refractivity contribution < 1.29 is 18.0 Å². The van der Waals surface area contributed by atoms with Gasteiger partial charge in [0.15, 0.2) is 0 Å². The van der Waals surface area contributed by atoms with Crippen LogP contribution in [0.2, 0.25) is 10.0 Å². The molecule has 0 bridgehead atoms. The van der Waals surface area contributed by atoms with E-state index in [1.807, 2.05) is 31.2 Å². The fraction of sp³-hybridized carbons (Fsp3) is 0.364. The highest BCUT2D eigenvalue weighted by Crippen LogP contribution is 2.33. The SMILES string of the molecule is CCCNC(=O)[C@H](C)N(Cc1cccc(Br)c1)C(=O)CN(c1cccc(Cl)c1Cl)S(C)(=O)=O. The molecule has 2 aromatic carbocycles. The van der Waals surface area contributed by atoms with Gasteiger partial charge in [-0.05, 0) is 43.2 Å². The Hall–Kier alpha value is -1.81. The van der Waals surface area contributed by atoms with E-state index in [4.69, 9.17) is 23.2 Å². The Morgan fingerprint density at radius 3 is 2.42 bits per heavy atom. The van der Waals surface area contributed by atoms with E-state index >= 15 is 0 Å². The van der Waals surface area contributed by atoms with E-state index in [1.54, 1.807) is 13.0 Å². The molecule has 0 saturated carbocycles. The number of rotatable bonds is 10. The maximum Gasteiger partial charge on any atom is 0.244 e. The molecule has 33 heavy (non-hydrogen) atoms. The summed E-state index contributed by atoms with van der Waals surface area (Å²) in [6.45, 7) is 3.57. The monoisotopic (exact) mass is 577 g/mol. The zero-order valence-corrected chi connectivity index (χ0v) is 22.4. The standard InChI is InChI=1S/C22H26BrCl2N3O4S/c1-4-11-26-22(30)15(2)27(13-16-7-5-8-17(23)12-16)20(29)14-28(33(3,31)32)19-10-6-9-18(24)21(19)25/h5-10,12,15H,4,11,13-14H2,1-3H3,(H,26,30)/t15-/m0/s1. The number of halogens is 3. The van der Waals surface area contributed by atoms with Gasteiger partial charge in [-0.3, -0.25) is 13.9 Å². The minimum Gasteiger partial charge on any atom is -0.354 e. The summed E-state index contributed by atoms with van der Waals surface area (Å²) in [6, 6.07) is 11.0. The summed E-state index contributed by atoms with van der Waals surface area (Å²) in [6.07, 6.45) is 1.72. The Labute approximate surface area is 213 Å². The van der Waals surface area contributed by atoms with E-state index in [1.165, 1.54) is 17.0 Å². The van der Waals surface area contributed by atoms with Crippen LogP contribution in [0.3, 0.4) is 0 Å². The van der Waals surface area contributed by atoms with Crippen molar-refractivity contribution in [1.29, 1.82) is 0 Å². The van der Waals surface area contributed by atoms with Gasteiger partial charge in [0.05, 0.1) is 22.0 Å². The number of benzene rings is 2. The van der Waals surface area contributed by atoms with Gasteiger partial charge < -0.3 is 10.2 Å². The minimum atomic E-state index is -3.89. The molecule has 11 heteroatoms. The van der Waals surface area contributed by atoms with Crippen LogP contribution in [0.1, 0.15) is 25.8 Å². The highest BCUT2D eigenvalue weighted by molar-refractivity contribution is 9.10. The first-order chi connectivity index (χ1) is 15.5. The lowest BCUT2D eigenvalue weighted by atomic mass is 10.1. The van der Waals surface area contributed by atoms with Gasteiger partial charge in [0, 0.05) is 17.6 Å². The predicted octanol–water partition coefficient (Wildman–Crippen LogP) is 4.47. The fourth-order valence-electron chi connectivity index (χ4n) is 3.09. The Morgan fingerprint density at radius 1 is 1.15 bits per heavy atom. The number of carbonyl (C=O) groups is 2. The molecule has 0 aromatic heterocycles. The van der Waals surface area contributed by atoms with Gasteiger partial charge in [0.25, 0.3) is 0 Å². The molecule has 2 aromatic rings. The van der Waals surface area contributed by atoms with Crippen molar-refractivity contribution in [1.82, 2.24) is 10.2 Å². The number of amides is 2. The van der Waals surface area contributed by atoms with Gasteiger partial charge in [0.2, 0.25) is 21.8 Å². The van der Waals surface area contributed by atoms with Crippen molar-refractivity contribution in [2.75, 3.05) is 23.7 Å². The fourth-order valence-corrected chi connectivity index (χ4v) is 4.84. The first-order valence-electron chi connectivity index (χ1n) is 10.2. The van der Waals surface area contributed by atoms with Crippen molar-refractivity contribution in [3.8, 4) is 0 Å². The smallest absolute Gasteiger partial charge is 0.244 e. The van der Waals surface area contributed by atoms with Crippen LogP contribution < -0.4 is 9.62 Å². The summed E-state index contributed by atoms with van der Waals surface area (Å²) in [5.74, 6) is -0.887. The summed E-state index contributed by atoms with van der Waals surface area (Å²) in [4.78, 5) is 27.5. The van der Waals surface area contributed by atoms with Crippen LogP contribution in [0.4, 0.5) is 5.69 Å². The van der Waals surface area contributed by atoms with Crippen LogP contribution in [0.5, 0.6) is 0 Å². The second-order valence-electron chi connectivity index (χ2n) is 7.46. The van der Waals surface area contributed by atoms with Gasteiger partial charge in [0.1, 0.15) is 12.6 Å². The van der Waals surface area contributed by atoms with Gasteiger partial charge >= 0.3 is 0 Å². The molecule has 0 aliphatic heterocycles. The van der Waals surface area contributed by atoms with Crippen LogP contribution in [-0.2, 0) is 26.2 Å². The molecular formula is C22H26BrCl2N3O4S. The van der Waals surface area contributed by atoms with Crippen LogP contribution in [0.25, 0.3) is 0 Å². The van der Waals surface area contributed by atoms with Crippen LogP contribution in [-0.4, -0.2) is 50.5 Å². The summed E-state index contributed by atoms with van der Waals surface area (Å²) in [5, 5.41) is 2.96. The molecule has 7 nitrogen and oxygen atoms in total. The average Bonchev–Trinajstić information content (AvgIpc) is 2.75. The average molecular weight is 579 g/mol. The Balaban J connectivity index is 2.42. The molecule has 0 saturated heterocycles. The normalized spacial score (nSPS) is 12.2. The van der Waals surface area contributed by atoms with Crippen LogP contribution in [0.15, 0.2) is 46.9 Å². The van der Waals surface area contributed by atoms with Gasteiger partial charge in [-0.15, -0.1) is 0 Å². The molecule has 0 unspecified atom stereocenters. The Bertz CT molecular complexity index is 1110. The number of sulfonamides is 1. The maximum absolute atomic E-state index is 13.4. The summed E-state index contributed by atoms with van der Waals surface area (Å²) in [7, 11) is -3.89. The van der Waals surface area contributed by atoms with E-state index < -0.39 is 28.5 Å². The molecule has 180 valence electrons. The van der Waals surface area contributed by atoms with Crippen LogP contribution in [0, 0.1) is 0 Å². The number of anilines is 1. The largest absolute Gasteiger partial charge is 0.354 e. The molecular weight excluding hydrogens is 553 g/mol. The molecule has 0 heterocycles. The van der Waals surface area contributed by atoms with E-state index in [0.29, 0.717) is 6.54 Å². The second-order valence-corrected chi connectivity index (χ2v) is 11.1.